The zero-order chi connectivity index (χ0) is 17.1. The van der Waals surface area contributed by atoms with E-state index >= 15 is 0 Å². The number of thiazole rings is 1. The zero-order valence-electron chi connectivity index (χ0n) is 14.6. The summed E-state index contributed by atoms with van der Waals surface area (Å²) in [6.07, 6.45) is 9.98. The van der Waals surface area contributed by atoms with E-state index in [1.54, 1.807) is 11.3 Å². The predicted octanol–water partition coefficient (Wildman–Crippen LogP) is 4.71. The third kappa shape index (κ3) is 4.30. The second kappa shape index (κ2) is 7.98. The minimum atomic E-state index is -0.00283. The number of carbonyl (C=O) groups is 1. The van der Waals surface area contributed by atoms with E-state index in [0.29, 0.717) is 0 Å². The number of carbonyl (C=O) groups excluding carboxylic acids is 1. The summed E-state index contributed by atoms with van der Waals surface area (Å²) in [6, 6.07) is 2.10. The molecule has 6 heteroatoms. The first-order valence-electron chi connectivity index (χ1n) is 9.37. The first-order chi connectivity index (χ1) is 12.3. The van der Waals surface area contributed by atoms with Crippen LogP contribution in [-0.2, 0) is 19.4 Å². The summed E-state index contributed by atoms with van der Waals surface area (Å²) in [7, 11) is 0. The molecule has 1 fully saturated rings. The second-order valence-electron chi connectivity index (χ2n) is 7.05. The molecular formula is C19H25N3OS2. The standard InChI is InChI=1S/C19H25N3OS2/c23-18(17-11-14-7-3-1-4-8-16(14)25-17)21-19-20-15(13-24-19)12-22-9-5-2-6-10-22/h11,13H,1-10,12H2,(H,20,21,23). The molecule has 2 aliphatic rings. The van der Waals surface area contributed by atoms with E-state index in [2.05, 4.69) is 26.6 Å². The Hall–Kier alpha value is -1.24. The lowest BCUT2D eigenvalue weighted by Gasteiger charge is -2.25. The second-order valence-corrected chi connectivity index (χ2v) is 9.05. The molecule has 134 valence electrons. The topological polar surface area (TPSA) is 45.2 Å². The molecule has 0 atom stereocenters. The van der Waals surface area contributed by atoms with Crippen LogP contribution in [0, 0.1) is 0 Å². The molecule has 0 aromatic carbocycles. The van der Waals surface area contributed by atoms with Crippen LogP contribution >= 0.6 is 22.7 Å². The largest absolute Gasteiger partial charge is 0.297 e. The Balaban J connectivity index is 1.38. The van der Waals surface area contributed by atoms with Crippen molar-refractivity contribution < 1.29 is 4.79 Å². The third-order valence-electron chi connectivity index (χ3n) is 5.08. The highest BCUT2D eigenvalue weighted by Gasteiger charge is 2.18. The summed E-state index contributed by atoms with van der Waals surface area (Å²) in [5.41, 5.74) is 2.46. The van der Waals surface area contributed by atoms with Crippen molar-refractivity contribution in [1.29, 1.82) is 0 Å². The molecule has 0 radical (unpaired) electrons. The van der Waals surface area contributed by atoms with Crippen molar-refractivity contribution in [3.8, 4) is 0 Å². The maximum Gasteiger partial charge on any atom is 0.267 e. The van der Waals surface area contributed by atoms with Gasteiger partial charge in [0.05, 0.1) is 10.6 Å². The average Bonchev–Trinajstić information content (AvgIpc) is 3.17. The number of amides is 1. The summed E-state index contributed by atoms with van der Waals surface area (Å²) in [4.78, 5) is 21.9. The fraction of sp³-hybridized carbons (Fsp3) is 0.579. The van der Waals surface area contributed by atoms with Crippen LogP contribution in [-0.4, -0.2) is 28.9 Å². The molecule has 1 N–H and O–H groups in total. The molecule has 2 aromatic rings. The van der Waals surface area contributed by atoms with Crippen LogP contribution in [0.2, 0.25) is 0 Å². The number of aryl methyl sites for hydroxylation is 2. The highest BCUT2D eigenvalue weighted by atomic mass is 32.1. The highest BCUT2D eigenvalue weighted by Crippen LogP contribution is 2.29. The van der Waals surface area contributed by atoms with E-state index in [4.69, 9.17) is 0 Å². The van der Waals surface area contributed by atoms with E-state index in [9.17, 15) is 4.79 Å². The van der Waals surface area contributed by atoms with Gasteiger partial charge in [-0.15, -0.1) is 22.7 Å². The lowest BCUT2D eigenvalue weighted by Crippen LogP contribution is -2.29. The summed E-state index contributed by atoms with van der Waals surface area (Å²) in [6.45, 7) is 3.24. The van der Waals surface area contributed by atoms with Crippen molar-refractivity contribution in [3.05, 3.63) is 32.5 Å². The van der Waals surface area contributed by atoms with Gasteiger partial charge in [0, 0.05) is 16.8 Å². The number of rotatable bonds is 4. The monoisotopic (exact) mass is 375 g/mol. The molecular weight excluding hydrogens is 350 g/mol. The van der Waals surface area contributed by atoms with Crippen molar-refractivity contribution in [2.24, 2.45) is 0 Å². The molecule has 0 unspecified atom stereocenters. The smallest absolute Gasteiger partial charge is 0.267 e. The minimum Gasteiger partial charge on any atom is -0.297 e. The number of nitrogens with one attached hydrogen (secondary N) is 1. The minimum absolute atomic E-state index is 0.00283. The van der Waals surface area contributed by atoms with Crippen LogP contribution in [0.15, 0.2) is 11.4 Å². The Labute approximate surface area is 157 Å². The summed E-state index contributed by atoms with van der Waals surface area (Å²) in [5.74, 6) is -0.00283. The Morgan fingerprint density at radius 1 is 1.12 bits per heavy atom. The van der Waals surface area contributed by atoms with Gasteiger partial charge in [0.25, 0.3) is 5.91 Å². The SMILES string of the molecule is O=C(Nc1nc(CN2CCCCC2)cs1)c1cc2c(s1)CCCCC2. The lowest BCUT2D eigenvalue weighted by atomic mass is 10.1. The number of aromatic nitrogens is 1. The molecule has 0 saturated carbocycles. The van der Waals surface area contributed by atoms with E-state index in [0.717, 1.165) is 35.1 Å². The Morgan fingerprint density at radius 3 is 2.80 bits per heavy atom. The van der Waals surface area contributed by atoms with Gasteiger partial charge >= 0.3 is 0 Å². The predicted molar refractivity (Wildman–Crippen MR) is 105 cm³/mol. The average molecular weight is 376 g/mol. The van der Waals surface area contributed by atoms with Crippen molar-refractivity contribution >= 4 is 33.7 Å². The van der Waals surface area contributed by atoms with Crippen LogP contribution in [0.3, 0.4) is 0 Å². The van der Waals surface area contributed by atoms with Gasteiger partial charge < -0.3 is 0 Å². The molecule has 25 heavy (non-hydrogen) atoms. The van der Waals surface area contributed by atoms with Crippen LogP contribution < -0.4 is 5.32 Å². The van der Waals surface area contributed by atoms with Crippen LogP contribution in [0.5, 0.6) is 0 Å². The maximum absolute atomic E-state index is 12.6. The van der Waals surface area contributed by atoms with Gasteiger partial charge in [-0.3, -0.25) is 15.0 Å². The van der Waals surface area contributed by atoms with Crippen LogP contribution in [0.4, 0.5) is 5.13 Å². The number of hydrogen-bond donors (Lipinski definition) is 1. The third-order valence-corrected chi connectivity index (χ3v) is 7.12. The number of likely N-dealkylation sites (tertiary alicyclic amines) is 1. The van der Waals surface area contributed by atoms with Crippen molar-refractivity contribution in [1.82, 2.24) is 9.88 Å². The molecule has 2 aromatic heterocycles. The van der Waals surface area contributed by atoms with Gasteiger partial charge in [0.2, 0.25) is 0 Å². The Kier molecular flexibility index (Phi) is 5.48. The summed E-state index contributed by atoms with van der Waals surface area (Å²) < 4.78 is 0. The van der Waals surface area contributed by atoms with Gasteiger partial charge in [-0.25, -0.2) is 4.98 Å². The Morgan fingerprint density at radius 2 is 1.92 bits per heavy atom. The highest BCUT2D eigenvalue weighted by molar-refractivity contribution is 7.15. The van der Waals surface area contributed by atoms with Gasteiger partial charge in [-0.2, -0.15) is 0 Å². The lowest BCUT2D eigenvalue weighted by molar-refractivity contribution is 0.103. The summed E-state index contributed by atoms with van der Waals surface area (Å²) >= 11 is 3.20. The first kappa shape index (κ1) is 17.2. The molecule has 4 nitrogen and oxygen atoms in total. The Bertz CT molecular complexity index is 707. The van der Waals surface area contributed by atoms with E-state index in [1.807, 2.05) is 0 Å². The van der Waals surface area contributed by atoms with Gasteiger partial charge in [-0.05, 0) is 63.2 Å². The zero-order valence-corrected chi connectivity index (χ0v) is 16.2. The van der Waals surface area contributed by atoms with Crippen LogP contribution in [0.25, 0.3) is 0 Å². The first-order valence-corrected chi connectivity index (χ1v) is 11.1. The number of hydrogen-bond acceptors (Lipinski definition) is 5. The van der Waals surface area contributed by atoms with Crippen molar-refractivity contribution in [2.75, 3.05) is 18.4 Å². The van der Waals surface area contributed by atoms with Crippen molar-refractivity contribution in [2.45, 2.75) is 57.9 Å². The molecule has 0 bridgehead atoms. The van der Waals surface area contributed by atoms with Crippen LogP contribution in [0.1, 0.15) is 64.3 Å². The molecule has 0 spiro atoms. The van der Waals surface area contributed by atoms with Gasteiger partial charge in [0.1, 0.15) is 0 Å². The molecule has 1 amide bonds. The van der Waals surface area contributed by atoms with E-state index < -0.39 is 0 Å². The molecule has 3 heterocycles. The molecule has 1 saturated heterocycles. The molecule has 4 rings (SSSR count). The van der Waals surface area contributed by atoms with Crippen molar-refractivity contribution in [3.63, 3.8) is 0 Å². The maximum atomic E-state index is 12.6. The number of fused-ring (bicyclic) bond motifs is 1. The van der Waals surface area contributed by atoms with Gasteiger partial charge in [0.15, 0.2) is 5.13 Å². The quantitative estimate of drug-likeness (QED) is 0.787. The number of nitrogens with zero attached hydrogens (tertiary/aromatic N) is 2. The summed E-state index contributed by atoms with van der Waals surface area (Å²) in [5, 5.41) is 5.80. The van der Waals surface area contributed by atoms with Gasteiger partial charge in [-0.1, -0.05) is 12.8 Å². The molecule has 1 aliphatic carbocycles. The fourth-order valence-electron chi connectivity index (χ4n) is 3.72. The van der Waals surface area contributed by atoms with E-state index in [1.165, 1.54) is 73.4 Å². The fourth-order valence-corrected chi connectivity index (χ4v) is 5.57. The van der Waals surface area contributed by atoms with E-state index in [-0.39, 0.29) is 5.91 Å². The molecule has 1 aliphatic heterocycles. The number of anilines is 1. The number of piperidine rings is 1. The normalized spacial score (nSPS) is 18.6. The number of thiophene rings is 1.